The van der Waals surface area contributed by atoms with Gasteiger partial charge in [-0.05, 0) is 24.6 Å². The van der Waals surface area contributed by atoms with Crippen LogP contribution in [0.1, 0.15) is 25.5 Å². The molecule has 0 aliphatic heterocycles. The second kappa shape index (κ2) is 5.92. The Morgan fingerprint density at radius 2 is 1.81 bits per heavy atom. The minimum Gasteiger partial charge on any atom is -0.394 e. The van der Waals surface area contributed by atoms with E-state index in [9.17, 15) is 8.78 Å². The third-order valence-electron chi connectivity index (χ3n) is 2.30. The minimum absolute atomic E-state index is 0.0920. The Morgan fingerprint density at radius 1 is 1.25 bits per heavy atom. The predicted octanol–water partition coefficient (Wildman–Crippen LogP) is 2.24. The topological polar surface area (TPSA) is 32.3 Å². The van der Waals surface area contributed by atoms with Crippen molar-refractivity contribution >= 4 is 0 Å². The quantitative estimate of drug-likeness (QED) is 0.811. The van der Waals surface area contributed by atoms with Crippen LogP contribution in [-0.2, 0) is 0 Å². The summed E-state index contributed by atoms with van der Waals surface area (Å²) in [6, 6.07) is 3.00. The van der Waals surface area contributed by atoms with E-state index in [1.807, 2.05) is 13.8 Å². The smallest absolute Gasteiger partial charge is 0.131 e. The first-order valence-corrected chi connectivity index (χ1v) is 5.34. The van der Waals surface area contributed by atoms with Gasteiger partial charge >= 0.3 is 0 Å². The van der Waals surface area contributed by atoms with Crippen LogP contribution in [0.2, 0.25) is 0 Å². The molecular formula is C12H17F2NO. The van der Waals surface area contributed by atoms with Crippen molar-refractivity contribution in [2.45, 2.75) is 19.9 Å². The molecule has 0 spiro atoms. The molecule has 1 rings (SSSR count). The van der Waals surface area contributed by atoms with Crippen molar-refractivity contribution in [3.05, 3.63) is 35.4 Å². The molecule has 0 saturated heterocycles. The van der Waals surface area contributed by atoms with E-state index in [4.69, 9.17) is 5.11 Å². The molecule has 0 radical (unpaired) electrons. The predicted molar refractivity (Wildman–Crippen MR) is 59.0 cm³/mol. The zero-order valence-corrected chi connectivity index (χ0v) is 9.50. The molecule has 2 N–H and O–H groups in total. The number of hydrogen-bond donors (Lipinski definition) is 2. The molecule has 0 saturated carbocycles. The van der Waals surface area contributed by atoms with Gasteiger partial charge < -0.3 is 10.4 Å². The molecular weight excluding hydrogens is 212 g/mol. The molecule has 1 aromatic carbocycles. The van der Waals surface area contributed by atoms with Crippen LogP contribution in [0, 0.1) is 17.6 Å². The number of nitrogens with one attached hydrogen (secondary N) is 1. The summed E-state index contributed by atoms with van der Waals surface area (Å²) in [5.74, 6) is -0.908. The van der Waals surface area contributed by atoms with E-state index in [0.717, 1.165) is 0 Å². The summed E-state index contributed by atoms with van der Waals surface area (Å²) in [6.45, 7) is 4.24. The average Bonchev–Trinajstić information content (AvgIpc) is 2.22. The summed E-state index contributed by atoms with van der Waals surface area (Å²) in [5, 5.41) is 12.1. The van der Waals surface area contributed by atoms with Crippen molar-refractivity contribution in [1.29, 1.82) is 0 Å². The van der Waals surface area contributed by atoms with Crippen LogP contribution in [0.5, 0.6) is 0 Å². The Labute approximate surface area is 94.3 Å². The highest BCUT2D eigenvalue weighted by molar-refractivity contribution is 5.23. The number of hydrogen-bond acceptors (Lipinski definition) is 2. The van der Waals surface area contributed by atoms with Crippen molar-refractivity contribution in [1.82, 2.24) is 5.32 Å². The number of aliphatic hydroxyl groups excluding tert-OH is 1. The first-order valence-electron chi connectivity index (χ1n) is 5.34. The molecule has 90 valence electrons. The largest absolute Gasteiger partial charge is 0.394 e. The minimum atomic E-state index is -0.691. The van der Waals surface area contributed by atoms with Crippen LogP contribution in [0.3, 0.4) is 0 Å². The average molecular weight is 229 g/mol. The van der Waals surface area contributed by atoms with Crippen molar-refractivity contribution < 1.29 is 13.9 Å². The van der Waals surface area contributed by atoms with Crippen LogP contribution >= 0.6 is 0 Å². The van der Waals surface area contributed by atoms with Gasteiger partial charge in [0, 0.05) is 5.56 Å². The zero-order chi connectivity index (χ0) is 12.1. The fourth-order valence-electron chi connectivity index (χ4n) is 1.48. The van der Waals surface area contributed by atoms with Gasteiger partial charge in [-0.15, -0.1) is 0 Å². The molecule has 2 nitrogen and oxygen atoms in total. The Kier molecular flexibility index (Phi) is 4.83. The standard InChI is InChI=1S/C12H17F2NO/c1-8(2)6-15-11(7-16)12-9(13)4-3-5-10(12)14/h3-5,8,11,15-16H,6-7H2,1-2H3. The first kappa shape index (κ1) is 13.1. The number of rotatable bonds is 5. The van der Waals surface area contributed by atoms with Crippen LogP contribution in [0.4, 0.5) is 8.78 Å². The molecule has 0 heterocycles. The van der Waals surface area contributed by atoms with E-state index in [0.29, 0.717) is 12.5 Å². The third-order valence-corrected chi connectivity index (χ3v) is 2.30. The Bertz CT molecular complexity index is 322. The lowest BCUT2D eigenvalue weighted by Crippen LogP contribution is -2.29. The van der Waals surface area contributed by atoms with Gasteiger partial charge in [-0.25, -0.2) is 8.78 Å². The summed E-state index contributed by atoms with van der Waals surface area (Å²) < 4.78 is 26.8. The highest BCUT2D eigenvalue weighted by atomic mass is 19.1. The molecule has 1 aromatic rings. The Morgan fingerprint density at radius 3 is 2.25 bits per heavy atom. The van der Waals surface area contributed by atoms with Gasteiger partial charge in [0.15, 0.2) is 0 Å². The summed E-state index contributed by atoms with van der Waals surface area (Å²) in [6.07, 6.45) is 0. The molecule has 0 aliphatic carbocycles. The van der Waals surface area contributed by atoms with Gasteiger partial charge in [-0.1, -0.05) is 19.9 Å². The van der Waals surface area contributed by atoms with Crippen LogP contribution < -0.4 is 5.32 Å². The lowest BCUT2D eigenvalue weighted by Gasteiger charge is -2.19. The second-order valence-electron chi connectivity index (χ2n) is 4.17. The van der Waals surface area contributed by atoms with Gasteiger partial charge in [0.25, 0.3) is 0 Å². The molecule has 0 bridgehead atoms. The lowest BCUT2D eigenvalue weighted by atomic mass is 10.1. The number of halogens is 2. The van der Waals surface area contributed by atoms with Gasteiger partial charge in [0.1, 0.15) is 11.6 Å². The maximum Gasteiger partial charge on any atom is 0.131 e. The highest BCUT2D eigenvalue weighted by Gasteiger charge is 2.18. The van der Waals surface area contributed by atoms with Crippen LogP contribution in [0.15, 0.2) is 18.2 Å². The summed E-state index contributed by atoms with van der Waals surface area (Å²) >= 11 is 0. The molecule has 0 aliphatic rings. The summed E-state index contributed by atoms with van der Waals surface area (Å²) in [7, 11) is 0. The van der Waals surface area contributed by atoms with Crippen molar-refractivity contribution in [3.63, 3.8) is 0 Å². The third kappa shape index (κ3) is 3.25. The van der Waals surface area contributed by atoms with Gasteiger partial charge in [0.05, 0.1) is 12.6 Å². The normalized spacial score (nSPS) is 13.1. The lowest BCUT2D eigenvalue weighted by molar-refractivity contribution is 0.234. The maximum absolute atomic E-state index is 13.4. The molecule has 0 aromatic heterocycles. The maximum atomic E-state index is 13.4. The molecule has 1 atom stereocenters. The van der Waals surface area contributed by atoms with Crippen LogP contribution in [0.25, 0.3) is 0 Å². The van der Waals surface area contributed by atoms with Gasteiger partial charge in [-0.3, -0.25) is 0 Å². The number of benzene rings is 1. The summed E-state index contributed by atoms with van der Waals surface area (Å²) in [4.78, 5) is 0. The van der Waals surface area contributed by atoms with E-state index in [2.05, 4.69) is 5.32 Å². The highest BCUT2D eigenvalue weighted by Crippen LogP contribution is 2.20. The fraction of sp³-hybridized carbons (Fsp3) is 0.500. The van der Waals surface area contributed by atoms with Crippen LogP contribution in [-0.4, -0.2) is 18.3 Å². The second-order valence-corrected chi connectivity index (χ2v) is 4.17. The van der Waals surface area contributed by atoms with E-state index in [1.165, 1.54) is 18.2 Å². The van der Waals surface area contributed by atoms with E-state index >= 15 is 0 Å². The van der Waals surface area contributed by atoms with E-state index in [-0.39, 0.29) is 12.2 Å². The molecule has 1 unspecified atom stereocenters. The van der Waals surface area contributed by atoms with E-state index in [1.54, 1.807) is 0 Å². The van der Waals surface area contributed by atoms with Gasteiger partial charge in [0.2, 0.25) is 0 Å². The Balaban J connectivity index is 2.86. The zero-order valence-electron chi connectivity index (χ0n) is 9.50. The van der Waals surface area contributed by atoms with E-state index < -0.39 is 17.7 Å². The SMILES string of the molecule is CC(C)CNC(CO)c1c(F)cccc1F. The molecule has 4 heteroatoms. The van der Waals surface area contributed by atoms with Crippen molar-refractivity contribution in [3.8, 4) is 0 Å². The fourth-order valence-corrected chi connectivity index (χ4v) is 1.48. The monoisotopic (exact) mass is 229 g/mol. The van der Waals surface area contributed by atoms with Crippen molar-refractivity contribution in [2.75, 3.05) is 13.2 Å². The first-order chi connectivity index (χ1) is 7.56. The van der Waals surface area contributed by atoms with Gasteiger partial charge in [-0.2, -0.15) is 0 Å². The number of aliphatic hydroxyl groups is 1. The molecule has 0 amide bonds. The molecule has 16 heavy (non-hydrogen) atoms. The summed E-state index contributed by atoms with van der Waals surface area (Å²) in [5.41, 5.74) is -0.0920. The Hall–Kier alpha value is -1.00. The van der Waals surface area contributed by atoms with Crippen molar-refractivity contribution in [2.24, 2.45) is 5.92 Å². The molecule has 0 fully saturated rings.